The highest BCUT2D eigenvalue weighted by atomic mass is 35.5. The molecule has 2 rings (SSSR count). The van der Waals surface area contributed by atoms with E-state index in [9.17, 15) is 0 Å². The summed E-state index contributed by atoms with van der Waals surface area (Å²) in [6.45, 7) is 0. The number of rotatable bonds is 5. The number of methoxy groups -OCH3 is 1. The molecule has 3 N–H and O–H groups in total. The Bertz CT molecular complexity index is 599. The molecule has 4 nitrogen and oxygen atoms in total. The van der Waals surface area contributed by atoms with Crippen LogP contribution in [0.2, 0.25) is 5.02 Å². The van der Waals surface area contributed by atoms with E-state index in [4.69, 9.17) is 22.2 Å². The maximum absolute atomic E-state index is 6.06. The van der Waals surface area contributed by atoms with E-state index >= 15 is 0 Å². The zero-order chi connectivity index (χ0) is 15.4. The van der Waals surface area contributed by atoms with E-state index in [0.29, 0.717) is 10.8 Å². The number of benzene rings is 2. The van der Waals surface area contributed by atoms with Crippen LogP contribution in [0.5, 0.6) is 5.75 Å². The van der Waals surface area contributed by atoms with Crippen LogP contribution < -0.4 is 20.9 Å². The Kier molecular flexibility index (Phi) is 5.07. The molecule has 5 heteroatoms. The van der Waals surface area contributed by atoms with Crippen molar-refractivity contribution in [2.45, 2.75) is 6.04 Å². The molecule has 2 aromatic rings. The van der Waals surface area contributed by atoms with Gasteiger partial charge in [-0.1, -0.05) is 29.8 Å². The molecule has 0 spiro atoms. The van der Waals surface area contributed by atoms with Crippen LogP contribution in [0.15, 0.2) is 42.5 Å². The number of hydrogen-bond acceptors (Lipinski definition) is 4. The maximum Gasteiger partial charge on any atom is 0.137 e. The van der Waals surface area contributed by atoms with Gasteiger partial charge >= 0.3 is 0 Å². The molecule has 0 fully saturated rings. The van der Waals surface area contributed by atoms with Gasteiger partial charge in [0.15, 0.2) is 0 Å². The molecular weight excluding hydrogens is 286 g/mol. The normalized spacial score (nSPS) is 12.0. The molecule has 112 valence electrons. The maximum atomic E-state index is 6.06. The second-order valence-corrected chi connectivity index (χ2v) is 5.39. The number of hydrogen-bond donors (Lipinski definition) is 2. The first-order valence-corrected chi connectivity index (χ1v) is 7.01. The molecule has 0 aliphatic rings. The number of anilines is 1. The molecule has 0 heterocycles. The number of nitrogens with zero attached hydrogens (tertiary/aromatic N) is 1. The Morgan fingerprint density at radius 3 is 2.24 bits per heavy atom. The van der Waals surface area contributed by atoms with Crippen molar-refractivity contribution in [2.75, 3.05) is 26.1 Å². The van der Waals surface area contributed by atoms with Gasteiger partial charge in [-0.3, -0.25) is 5.84 Å². The van der Waals surface area contributed by atoms with Crippen LogP contribution >= 0.6 is 11.6 Å². The fourth-order valence-electron chi connectivity index (χ4n) is 2.21. The zero-order valence-electron chi connectivity index (χ0n) is 12.4. The molecule has 0 aliphatic carbocycles. The molecule has 0 saturated heterocycles. The highest BCUT2D eigenvalue weighted by Crippen LogP contribution is 2.30. The quantitative estimate of drug-likeness (QED) is 0.659. The van der Waals surface area contributed by atoms with Crippen molar-refractivity contribution in [3.05, 3.63) is 58.6 Å². The van der Waals surface area contributed by atoms with Crippen molar-refractivity contribution in [3.63, 3.8) is 0 Å². The molecule has 21 heavy (non-hydrogen) atoms. The van der Waals surface area contributed by atoms with Crippen LogP contribution in [0.3, 0.4) is 0 Å². The lowest BCUT2D eigenvalue weighted by Gasteiger charge is -2.19. The summed E-state index contributed by atoms with van der Waals surface area (Å²) in [5.41, 5.74) is 6.06. The SMILES string of the molecule is COc1cc(C(NN)c2ccc(N(C)C)cc2)ccc1Cl. The van der Waals surface area contributed by atoms with Gasteiger partial charge in [-0.2, -0.15) is 0 Å². The van der Waals surface area contributed by atoms with Crippen molar-refractivity contribution in [1.29, 1.82) is 0 Å². The molecule has 1 unspecified atom stereocenters. The second-order valence-electron chi connectivity index (χ2n) is 4.98. The topological polar surface area (TPSA) is 50.5 Å². The van der Waals surface area contributed by atoms with Crippen LogP contribution in [0, 0.1) is 0 Å². The van der Waals surface area contributed by atoms with Crippen molar-refractivity contribution in [2.24, 2.45) is 5.84 Å². The first kappa shape index (κ1) is 15.6. The predicted molar refractivity (Wildman–Crippen MR) is 87.9 cm³/mol. The Hall–Kier alpha value is -1.75. The van der Waals surface area contributed by atoms with Gasteiger partial charge in [0, 0.05) is 19.8 Å². The van der Waals surface area contributed by atoms with Crippen LogP contribution in [0.1, 0.15) is 17.2 Å². The highest BCUT2D eigenvalue weighted by molar-refractivity contribution is 6.32. The Labute approximate surface area is 130 Å². The predicted octanol–water partition coefficient (Wildman–Crippen LogP) is 2.97. The molecular formula is C16H20ClN3O. The van der Waals surface area contributed by atoms with Gasteiger partial charge in [0.05, 0.1) is 18.2 Å². The van der Waals surface area contributed by atoms with E-state index in [2.05, 4.69) is 34.6 Å². The van der Waals surface area contributed by atoms with Gasteiger partial charge < -0.3 is 9.64 Å². The van der Waals surface area contributed by atoms with Crippen molar-refractivity contribution >= 4 is 17.3 Å². The Balaban J connectivity index is 2.34. The van der Waals surface area contributed by atoms with Gasteiger partial charge in [0.1, 0.15) is 5.75 Å². The van der Waals surface area contributed by atoms with Gasteiger partial charge in [-0.05, 0) is 35.4 Å². The molecule has 0 aromatic heterocycles. The number of ether oxygens (including phenoxy) is 1. The number of nitrogens with two attached hydrogens (primary N) is 1. The monoisotopic (exact) mass is 305 g/mol. The number of nitrogens with one attached hydrogen (secondary N) is 1. The lowest BCUT2D eigenvalue weighted by atomic mass is 9.99. The van der Waals surface area contributed by atoms with Gasteiger partial charge in [0.25, 0.3) is 0 Å². The summed E-state index contributed by atoms with van der Waals surface area (Å²) >= 11 is 6.06. The van der Waals surface area contributed by atoms with Gasteiger partial charge in [0.2, 0.25) is 0 Å². The highest BCUT2D eigenvalue weighted by Gasteiger charge is 2.14. The van der Waals surface area contributed by atoms with E-state index < -0.39 is 0 Å². The van der Waals surface area contributed by atoms with Crippen molar-refractivity contribution in [3.8, 4) is 5.75 Å². The van der Waals surface area contributed by atoms with E-state index in [-0.39, 0.29) is 6.04 Å². The third-order valence-corrected chi connectivity index (χ3v) is 3.73. The summed E-state index contributed by atoms with van der Waals surface area (Å²) in [7, 11) is 5.62. The minimum absolute atomic E-state index is 0.118. The van der Waals surface area contributed by atoms with Crippen molar-refractivity contribution < 1.29 is 4.74 Å². The van der Waals surface area contributed by atoms with Crippen LogP contribution in [-0.2, 0) is 0 Å². The number of hydrazine groups is 1. The molecule has 0 bridgehead atoms. The third kappa shape index (κ3) is 3.47. The molecule has 2 aromatic carbocycles. The standard InChI is InChI=1S/C16H20ClN3O/c1-20(2)13-7-4-11(5-8-13)16(19-18)12-6-9-14(17)15(10-12)21-3/h4-10,16,19H,18H2,1-3H3. The first-order chi connectivity index (χ1) is 10.1. The smallest absolute Gasteiger partial charge is 0.137 e. The summed E-state index contributed by atoms with van der Waals surface area (Å²) in [6, 6.07) is 13.8. The summed E-state index contributed by atoms with van der Waals surface area (Å²) < 4.78 is 5.26. The van der Waals surface area contributed by atoms with Crippen LogP contribution in [-0.4, -0.2) is 21.2 Å². The zero-order valence-corrected chi connectivity index (χ0v) is 13.2. The lowest BCUT2D eigenvalue weighted by molar-refractivity contribution is 0.414. The number of halogens is 1. The van der Waals surface area contributed by atoms with Crippen LogP contribution in [0.25, 0.3) is 0 Å². The second kappa shape index (κ2) is 6.80. The van der Waals surface area contributed by atoms with E-state index in [0.717, 1.165) is 16.8 Å². The van der Waals surface area contributed by atoms with Gasteiger partial charge in [-0.15, -0.1) is 0 Å². The Morgan fingerprint density at radius 2 is 1.71 bits per heavy atom. The minimum Gasteiger partial charge on any atom is -0.495 e. The van der Waals surface area contributed by atoms with Gasteiger partial charge in [-0.25, -0.2) is 5.43 Å². The van der Waals surface area contributed by atoms with Crippen molar-refractivity contribution in [1.82, 2.24) is 5.43 Å². The largest absolute Gasteiger partial charge is 0.495 e. The summed E-state index contributed by atoms with van der Waals surface area (Å²) in [5.74, 6) is 6.37. The fourth-order valence-corrected chi connectivity index (χ4v) is 2.40. The van der Waals surface area contributed by atoms with E-state index in [1.54, 1.807) is 7.11 Å². The minimum atomic E-state index is -0.118. The average molecular weight is 306 g/mol. The molecule has 0 radical (unpaired) electrons. The summed E-state index contributed by atoms with van der Waals surface area (Å²) in [6.07, 6.45) is 0. The van der Waals surface area contributed by atoms with Crippen LogP contribution in [0.4, 0.5) is 5.69 Å². The lowest BCUT2D eigenvalue weighted by Crippen LogP contribution is -2.28. The average Bonchev–Trinajstić information content (AvgIpc) is 2.50. The summed E-state index contributed by atoms with van der Waals surface area (Å²) in [4.78, 5) is 2.06. The first-order valence-electron chi connectivity index (χ1n) is 6.63. The van der Waals surface area contributed by atoms with E-state index in [1.165, 1.54) is 0 Å². The molecule has 1 atom stereocenters. The molecule has 0 amide bonds. The Morgan fingerprint density at radius 1 is 1.10 bits per heavy atom. The molecule has 0 aliphatic heterocycles. The fraction of sp³-hybridized carbons (Fsp3) is 0.250. The molecule has 0 saturated carbocycles. The third-order valence-electron chi connectivity index (χ3n) is 3.42. The van der Waals surface area contributed by atoms with E-state index in [1.807, 2.05) is 32.3 Å². The summed E-state index contributed by atoms with van der Waals surface area (Å²) in [5, 5.41) is 0.583.